The van der Waals surface area contributed by atoms with E-state index in [1.165, 1.54) is 16.7 Å². The van der Waals surface area contributed by atoms with Crippen molar-refractivity contribution in [3.63, 3.8) is 0 Å². The molecule has 0 bridgehead atoms. The number of rotatable bonds is 1. The van der Waals surface area contributed by atoms with Crippen LogP contribution in [0.3, 0.4) is 0 Å². The molecule has 0 heterocycles. The Balaban J connectivity index is 2.36. The first-order valence-corrected chi connectivity index (χ1v) is 7.10. The third-order valence-corrected chi connectivity index (χ3v) is 4.34. The maximum atomic E-state index is 11.5. The van der Waals surface area contributed by atoms with E-state index in [1.54, 1.807) is 0 Å². The van der Waals surface area contributed by atoms with Crippen molar-refractivity contribution in [1.82, 2.24) is 0 Å². The molecule has 0 aliphatic heterocycles. The molecule has 1 heteroatoms. The summed E-state index contributed by atoms with van der Waals surface area (Å²) in [5.74, 6) is 0. The molecule has 3 rings (SSSR count). The molecule has 102 valence electrons. The highest BCUT2D eigenvalue weighted by Crippen LogP contribution is 2.42. The average Bonchev–Trinajstić information content (AvgIpc) is 2.56. The van der Waals surface area contributed by atoms with E-state index in [0.717, 1.165) is 29.5 Å². The molecular formula is C19H20O. The van der Waals surface area contributed by atoms with Crippen molar-refractivity contribution in [3.8, 4) is 0 Å². The van der Waals surface area contributed by atoms with E-state index in [0.29, 0.717) is 0 Å². The summed E-state index contributed by atoms with van der Waals surface area (Å²) >= 11 is 0. The molecule has 0 saturated carbocycles. The fraction of sp³-hybridized carbons (Fsp3) is 0.263. The number of fused-ring (bicyclic) bond motifs is 2. The molecule has 0 amide bonds. The van der Waals surface area contributed by atoms with Gasteiger partial charge in [-0.1, -0.05) is 54.6 Å². The highest BCUT2D eigenvalue weighted by atomic mass is 16.3. The van der Waals surface area contributed by atoms with Crippen LogP contribution in [0.4, 0.5) is 0 Å². The van der Waals surface area contributed by atoms with Crippen LogP contribution in [0, 0.1) is 6.92 Å². The quantitative estimate of drug-likeness (QED) is 0.774. The Morgan fingerprint density at radius 2 is 1.70 bits per heavy atom. The van der Waals surface area contributed by atoms with Crippen molar-refractivity contribution >= 4 is 0 Å². The van der Waals surface area contributed by atoms with Crippen LogP contribution in [0.5, 0.6) is 0 Å². The zero-order valence-electron chi connectivity index (χ0n) is 12.1. The SMILES string of the molecule is C=C(C)C1(O)c2ccccc2CCc2ccc(C)cc21. The lowest BCUT2D eigenvalue weighted by Gasteiger charge is -2.32. The molecule has 1 aliphatic carbocycles. The summed E-state index contributed by atoms with van der Waals surface area (Å²) in [6, 6.07) is 14.5. The summed E-state index contributed by atoms with van der Waals surface area (Å²) < 4.78 is 0. The summed E-state index contributed by atoms with van der Waals surface area (Å²) in [4.78, 5) is 0. The van der Waals surface area contributed by atoms with E-state index >= 15 is 0 Å². The molecule has 1 nitrogen and oxygen atoms in total. The largest absolute Gasteiger partial charge is 0.376 e. The third kappa shape index (κ3) is 1.82. The first kappa shape index (κ1) is 13.1. The number of aryl methyl sites for hydroxylation is 3. The van der Waals surface area contributed by atoms with Crippen molar-refractivity contribution in [2.24, 2.45) is 0 Å². The van der Waals surface area contributed by atoms with Gasteiger partial charge in [-0.05, 0) is 54.5 Å². The fourth-order valence-corrected chi connectivity index (χ4v) is 3.21. The predicted molar refractivity (Wildman–Crippen MR) is 82.8 cm³/mol. The number of hydrogen-bond donors (Lipinski definition) is 1. The average molecular weight is 264 g/mol. The van der Waals surface area contributed by atoms with Gasteiger partial charge in [0.25, 0.3) is 0 Å². The molecular weight excluding hydrogens is 244 g/mol. The molecule has 2 aromatic rings. The highest BCUT2D eigenvalue weighted by Gasteiger charge is 2.37. The van der Waals surface area contributed by atoms with E-state index in [1.807, 2.05) is 25.1 Å². The van der Waals surface area contributed by atoms with Crippen LogP contribution >= 0.6 is 0 Å². The van der Waals surface area contributed by atoms with Gasteiger partial charge in [0.2, 0.25) is 0 Å². The molecule has 20 heavy (non-hydrogen) atoms. The van der Waals surface area contributed by atoms with Gasteiger partial charge in [0.15, 0.2) is 0 Å². The molecule has 1 aliphatic rings. The normalized spacial score (nSPS) is 20.8. The summed E-state index contributed by atoms with van der Waals surface area (Å²) in [5, 5.41) is 11.5. The van der Waals surface area contributed by atoms with Crippen LogP contribution in [0.2, 0.25) is 0 Å². The van der Waals surface area contributed by atoms with Gasteiger partial charge in [0.05, 0.1) is 0 Å². The molecule has 0 saturated heterocycles. The van der Waals surface area contributed by atoms with Crippen LogP contribution < -0.4 is 0 Å². The summed E-state index contributed by atoms with van der Waals surface area (Å²) in [7, 11) is 0. The smallest absolute Gasteiger partial charge is 0.136 e. The van der Waals surface area contributed by atoms with Crippen LogP contribution in [0.25, 0.3) is 0 Å². The van der Waals surface area contributed by atoms with Gasteiger partial charge in [-0.3, -0.25) is 0 Å². The van der Waals surface area contributed by atoms with Crippen LogP contribution in [-0.2, 0) is 18.4 Å². The van der Waals surface area contributed by atoms with Gasteiger partial charge in [-0.2, -0.15) is 0 Å². The van der Waals surface area contributed by atoms with Crippen LogP contribution in [0.15, 0.2) is 54.6 Å². The van der Waals surface area contributed by atoms with Crippen molar-refractivity contribution < 1.29 is 5.11 Å². The fourth-order valence-electron chi connectivity index (χ4n) is 3.21. The number of benzene rings is 2. The van der Waals surface area contributed by atoms with Crippen molar-refractivity contribution in [3.05, 3.63) is 82.4 Å². The third-order valence-electron chi connectivity index (χ3n) is 4.34. The van der Waals surface area contributed by atoms with Gasteiger partial charge in [-0.25, -0.2) is 0 Å². The van der Waals surface area contributed by atoms with E-state index in [-0.39, 0.29) is 0 Å². The van der Waals surface area contributed by atoms with E-state index in [2.05, 4.69) is 37.8 Å². The lowest BCUT2D eigenvalue weighted by molar-refractivity contribution is 0.121. The second kappa shape index (κ2) is 4.60. The van der Waals surface area contributed by atoms with Crippen LogP contribution in [-0.4, -0.2) is 5.11 Å². The molecule has 0 fully saturated rings. The minimum atomic E-state index is -1.07. The van der Waals surface area contributed by atoms with Gasteiger partial charge >= 0.3 is 0 Å². The minimum absolute atomic E-state index is 0.777. The Bertz CT molecular complexity index is 684. The van der Waals surface area contributed by atoms with Crippen molar-refractivity contribution in [2.75, 3.05) is 0 Å². The molecule has 1 N–H and O–H groups in total. The number of hydrogen-bond acceptors (Lipinski definition) is 1. The Morgan fingerprint density at radius 1 is 1.05 bits per heavy atom. The lowest BCUT2D eigenvalue weighted by atomic mass is 9.78. The molecule has 0 spiro atoms. The van der Waals surface area contributed by atoms with Crippen molar-refractivity contribution in [2.45, 2.75) is 32.3 Å². The van der Waals surface area contributed by atoms with Gasteiger partial charge < -0.3 is 5.11 Å². The topological polar surface area (TPSA) is 20.2 Å². The van der Waals surface area contributed by atoms with Gasteiger partial charge in [-0.15, -0.1) is 0 Å². The summed E-state index contributed by atoms with van der Waals surface area (Å²) in [5.41, 5.74) is 5.28. The highest BCUT2D eigenvalue weighted by molar-refractivity contribution is 5.53. The summed E-state index contributed by atoms with van der Waals surface area (Å²) in [6.07, 6.45) is 1.92. The first-order chi connectivity index (χ1) is 9.53. The Labute approximate surface area is 120 Å². The monoisotopic (exact) mass is 264 g/mol. The lowest BCUT2D eigenvalue weighted by Crippen LogP contribution is -2.29. The molecule has 1 atom stereocenters. The molecule has 0 radical (unpaired) electrons. The molecule has 2 aromatic carbocycles. The van der Waals surface area contributed by atoms with Gasteiger partial charge in [0, 0.05) is 0 Å². The maximum Gasteiger partial charge on any atom is 0.136 e. The Kier molecular flexibility index (Phi) is 3.02. The first-order valence-electron chi connectivity index (χ1n) is 7.10. The minimum Gasteiger partial charge on any atom is -0.376 e. The molecule has 0 aromatic heterocycles. The number of aliphatic hydroxyl groups is 1. The Hall–Kier alpha value is -1.86. The van der Waals surface area contributed by atoms with Crippen LogP contribution in [0.1, 0.15) is 34.7 Å². The van der Waals surface area contributed by atoms with E-state index in [4.69, 9.17) is 0 Å². The second-order valence-electron chi connectivity index (χ2n) is 5.81. The van der Waals surface area contributed by atoms with Gasteiger partial charge in [0.1, 0.15) is 5.60 Å². The van der Waals surface area contributed by atoms with E-state index in [9.17, 15) is 5.11 Å². The zero-order valence-corrected chi connectivity index (χ0v) is 12.1. The molecule has 1 unspecified atom stereocenters. The standard InChI is InChI=1S/C19H20O/c1-13(2)19(20)17-7-5-4-6-15(17)10-11-16-9-8-14(3)12-18(16)19/h4-9,12,20H,1,10-11H2,2-3H3. The van der Waals surface area contributed by atoms with Crippen molar-refractivity contribution in [1.29, 1.82) is 0 Å². The zero-order chi connectivity index (χ0) is 14.3. The second-order valence-corrected chi connectivity index (χ2v) is 5.81. The maximum absolute atomic E-state index is 11.5. The Morgan fingerprint density at radius 3 is 2.40 bits per heavy atom. The summed E-state index contributed by atoms with van der Waals surface area (Å²) in [6.45, 7) is 8.05. The predicted octanol–water partition coefficient (Wildman–Crippen LogP) is 3.91. The van der Waals surface area contributed by atoms with E-state index < -0.39 is 5.60 Å².